The zero-order valence-corrected chi connectivity index (χ0v) is 22.3. The molecule has 9 heteroatoms. The van der Waals surface area contributed by atoms with Crippen LogP contribution in [0.5, 0.6) is 0 Å². The van der Waals surface area contributed by atoms with Crippen LogP contribution in [0.3, 0.4) is 0 Å². The van der Waals surface area contributed by atoms with E-state index < -0.39 is 41.7 Å². The lowest BCUT2D eigenvalue weighted by atomic mass is 9.91. The maximum absolute atomic E-state index is 13.7. The number of methoxy groups -OCH3 is 1. The number of ether oxygens (including phenoxy) is 3. The number of nitrogens with zero attached hydrogens (tertiary/aromatic N) is 2. The largest absolute Gasteiger partial charge is 0.461 e. The Morgan fingerprint density at radius 3 is 2.34 bits per heavy atom. The molecule has 1 aliphatic heterocycles. The highest BCUT2D eigenvalue weighted by atomic mass is 16.6. The summed E-state index contributed by atoms with van der Waals surface area (Å²) in [5, 5.41) is 0.805. The van der Waals surface area contributed by atoms with Crippen molar-refractivity contribution in [2.24, 2.45) is 5.73 Å². The van der Waals surface area contributed by atoms with Crippen LogP contribution >= 0.6 is 0 Å². The molecular formula is C29H35N3O6. The molecule has 1 aromatic heterocycles. The van der Waals surface area contributed by atoms with E-state index in [1.54, 1.807) is 38.5 Å². The van der Waals surface area contributed by atoms with Crippen molar-refractivity contribution >= 4 is 28.9 Å². The number of primary amides is 1. The van der Waals surface area contributed by atoms with Crippen LogP contribution in [0.2, 0.25) is 0 Å². The number of amides is 2. The number of hydrogen-bond donors (Lipinski definition) is 1. The minimum Gasteiger partial charge on any atom is -0.461 e. The van der Waals surface area contributed by atoms with Gasteiger partial charge in [-0.2, -0.15) is 0 Å². The molecule has 3 aromatic rings. The molecule has 0 aliphatic carbocycles. The van der Waals surface area contributed by atoms with Gasteiger partial charge in [-0.05, 0) is 44.9 Å². The van der Waals surface area contributed by atoms with Gasteiger partial charge in [-0.1, -0.05) is 48.5 Å². The molecule has 9 nitrogen and oxygen atoms in total. The molecule has 0 spiro atoms. The molecule has 2 N–H and O–H groups in total. The number of benzene rings is 2. The van der Waals surface area contributed by atoms with Gasteiger partial charge in [0.25, 0.3) is 0 Å². The first-order valence-corrected chi connectivity index (χ1v) is 12.7. The van der Waals surface area contributed by atoms with Crippen molar-refractivity contribution in [3.8, 4) is 0 Å². The number of carbonyl (C=O) groups excluding carboxylic acids is 3. The van der Waals surface area contributed by atoms with Crippen molar-refractivity contribution in [1.82, 2.24) is 9.47 Å². The summed E-state index contributed by atoms with van der Waals surface area (Å²) in [6.07, 6.45) is -0.509. The van der Waals surface area contributed by atoms with Crippen molar-refractivity contribution < 1.29 is 28.6 Å². The van der Waals surface area contributed by atoms with Gasteiger partial charge in [0.05, 0.1) is 12.1 Å². The van der Waals surface area contributed by atoms with Crippen molar-refractivity contribution in [1.29, 1.82) is 0 Å². The van der Waals surface area contributed by atoms with Crippen molar-refractivity contribution in [2.75, 3.05) is 20.3 Å². The van der Waals surface area contributed by atoms with Crippen LogP contribution in [0.15, 0.2) is 60.7 Å². The molecule has 0 radical (unpaired) electrons. The first-order chi connectivity index (χ1) is 18.1. The van der Waals surface area contributed by atoms with Crippen LogP contribution < -0.4 is 5.73 Å². The number of fused-ring (bicyclic) bond motifs is 1. The second kappa shape index (κ2) is 11.3. The van der Waals surface area contributed by atoms with Gasteiger partial charge in [0, 0.05) is 31.4 Å². The third kappa shape index (κ3) is 5.67. The first kappa shape index (κ1) is 27.2. The Bertz CT molecular complexity index is 1300. The molecule has 0 saturated carbocycles. The van der Waals surface area contributed by atoms with E-state index in [2.05, 4.69) is 0 Å². The predicted molar refractivity (Wildman–Crippen MR) is 143 cm³/mol. The van der Waals surface area contributed by atoms with Gasteiger partial charge in [-0.25, -0.2) is 9.59 Å². The highest BCUT2D eigenvalue weighted by Gasteiger charge is 2.50. The van der Waals surface area contributed by atoms with E-state index in [0.717, 1.165) is 16.5 Å². The molecule has 38 heavy (non-hydrogen) atoms. The molecule has 1 saturated heterocycles. The molecule has 4 rings (SSSR count). The second-order valence-corrected chi connectivity index (χ2v) is 10.4. The van der Waals surface area contributed by atoms with Crippen LogP contribution in [-0.4, -0.2) is 59.4 Å². The molecule has 0 bridgehead atoms. The number of carbonyl (C=O) groups is 3. The number of para-hydroxylation sites is 1. The molecule has 2 aromatic carbocycles. The van der Waals surface area contributed by atoms with Gasteiger partial charge in [0.15, 0.2) is 0 Å². The molecule has 1 fully saturated rings. The van der Waals surface area contributed by atoms with E-state index in [9.17, 15) is 14.4 Å². The van der Waals surface area contributed by atoms with Gasteiger partial charge in [-0.3, -0.25) is 9.69 Å². The smallest absolute Gasteiger partial charge is 0.412 e. The van der Waals surface area contributed by atoms with Gasteiger partial charge in [0.2, 0.25) is 5.91 Å². The minimum atomic E-state index is -0.982. The quantitative estimate of drug-likeness (QED) is 0.342. The zero-order chi connectivity index (χ0) is 27.4. The fourth-order valence-electron chi connectivity index (χ4n) is 5.08. The second-order valence-electron chi connectivity index (χ2n) is 10.4. The molecule has 3 atom stereocenters. The Kier molecular flexibility index (Phi) is 8.06. The number of likely N-dealkylation sites (tertiary alicyclic amines) is 1. The number of rotatable bonds is 8. The lowest BCUT2D eigenvalue weighted by molar-refractivity contribution is -0.123. The third-order valence-electron chi connectivity index (χ3n) is 6.57. The Balaban J connectivity index is 1.85. The lowest BCUT2D eigenvalue weighted by Crippen LogP contribution is -2.49. The molecule has 1 aliphatic rings. The predicted octanol–water partition coefficient (Wildman–Crippen LogP) is 4.61. The van der Waals surface area contributed by atoms with E-state index in [4.69, 9.17) is 19.9 Å². The summed E-state index contributed by atoms with van der Waals surface area (Å²) in [5.41, 5.74) is 7.00. The maximum Gasteiger partial charge on any atom is 0.412 e. The Morgan fingerprint density at radius 2 is 1.68 bits per heavy atom. The normalized spacial score (nSPS) is 19.5. The standard InChI is InChI=1S/C29H35N3O6/c1-29(2,3)38-28(35)32-24(18-21(25(32)26(30)33)19-11-6-5-7-12-19)31-22-14-9-8-13-20(22)17-23(31)27(34)37-16-10-15-36-4/h5-9,11-14,17,21,24-25H,10,15-16,18H2,1-4H3,(H2,30,33)/t21-,24?,25+/m1/s1. The van der Waals surface area contributed by atoms with Gasteiger partial charge in [-0.15, -0.1) is 0 Å². The number of hydrogen-bond acceptors (Lipinski definition) is 6. The van der Waals surface area contributed by atoms with Crippen LogP contribution in [-0.2, 0) is 19.0 Å². The fourth-order valence-corrected chi connectivity index (χ4v) is 5.08. The zero-order valence-electron chi connectivity index (χ0n) is 22.3. The summed E-state index contributed by atoms with van der Waals surface area (Å²) in [6.45, 7) is 5.93. The number of nitrogens with two attached hydrogens (primary N) is 1. The number of esters is 1. The summed E-state index contributed by atoms with van der Waals surface area (Å²) >= 11 is 0. The topological polar surface area (TPSA) is 113 Å². The average Bonchev–Trinajstić information content (AvgIpc) is 3.45. The van der Waals surface area contributed by atoms with Crippen LogP contribution in [0.25, 0.3) is 10.9 Å². The van der Waals surface area contributed by atoms with E-state index in [1.165, 1.54) is 4.90 Å². The Hall–Kier alpha value is -3.85. The monoisotopic (exact) mass is 521 g/mol. The summed E-state index contributed by atoms with van der Waals surface area (Å²) in [4.78, 5) is 41.3. The van der Waals surface area contributed by atoms with Crippen LogP contribution in [0, 0.1) is 0 Å². The fraction of sp³-hybridized carbons (Fsp3) is 0.414. The lowest BCUT2D eigenvalue weighted by Gasteiger charge is -2.33. The van der Waals surface area contributed by atoms with E-state index in [-0.39, 0.29) is 12.3 Å². The molecular weight excluding hydrogens is 486 g/mol. The Morgan fingerprint density at radius 1 is 1.00 bits per heavy atom. The maximum atomic E-state index is 13.7. The van der Waals surface area contributed by atoms with Crippen molar-refractivity contribution in [2.45, 2.75) is 57.3 Å². The SMILES string of the molecule is COCCCOC(=O)c1cc2ccccc2n1C1C[C@H](c2ccccc2)[C@@H](C(N)=O)N1C(=O)OC(C)(C)C. The average molecular weight is 522 g/mol. The van der Waals surface area contributed by atoms with E-state index >= 15 is 0 Å². The van der Waals surface area contributed by atoms with Gasteiger partial charge in [0.1, 0.15) is 23.5 Å². The van der Waals surface area contributed by atoms with Crippen molar-refractivity contribution in [3.05, 3.63) is 71.9 Å². The summed E-state index contributed by atoms with van der Waals surface area (Å²) in [6, 6.07) is 17.7. The first-order valence-electron chi connectivity index (χ1n) is 12.7. The summed E-state index contributed by atoms with van der Waals surface area (Å²) < 4.78 is 18.1. The molecule has 2 amide bonds. The minimum absolute atomic E-state index is 0.186. The molecule has 2 heterocycles. The van der Waals surface area contributed by atoms with Crippen molar-refractivity contribution in [3.63, 3.8) is 0 Å². The summed E-state index contributed by atoms with van der Waals surface area (Å²) in [7, 11) is 1.59. The van der Waals surface area contributed by atoms with E-state index in [1.807, 2.05) is 54.6 Å². The molecule has 202 valence electrons. The number of aromatic nitrogens is 1. The highest BCUT2D eigenvalue weighted by Crippen LogP contribution is 2.45. The summed E-state index contributed by atoms with van der Waals surface area (Å²) in [5.74, 6) is -1.58. The molecule has 1 unspecified atom stereocenters. The highest BCUT2D eigenvalue weighted by molar-refractivity contribution is 5.96. The van der Waals surface area contributed by atoms with Gasteiger partial charge >= 0.3 is 12.1 Å². The van der Waals surface area contributed by atoms with E-state index in [0.29, 0.717) is 19.4 Å². The Labute approximate surface area is 222 Å². The van der Waals surface area contributed by atoms with Gasteiger partial charge < -0.3 is 24.5 Å². The third-order valence-corrected chi connectivity index (χ3v) is 6.57. The van der Waals surface area contributed by atoms with Crippen LogP contribution in [0.1, 0.15) is 61.7 Å². The van der Waals surface area contributed by atoms with Crippen LogP contribution in [0.4, 0.5) is 4.79 Å².